The minimum atomic E-state index is -3.24. The maximum absolute atomic E-state index is 17.2. The Bertz CT molecular complexity index is 4610. The molecule has 26 atom stereocenters. The molecular weight excluding hydrogens is 1750 g/mol. The zero-order valence-corrected chi connectivity index (χ0v) is 81.4. The first kappa shape index (κ1) is 111. The Morgan fingerprint density at radius 2 is 0.978 bits per heavy atom. The number of anilines is 1. The number of carbonyl (C=O) groups is 9. The molecule has 38 nitrogen and oxygen atoms in total. The summed E-state index contributed by atoms with van der Waals surface area (Å²) in [6.07, 6.45) is -5.47. The van der Waals surface area contributed by atoms with Crippen molar-refractivity contribution in [2.75, 3.05) is 81.4 Å². The van der Waals surface area contributed by atoms with E-state index in [1.54, 1.807) is 123 Å². The zero-order valence-electron chi connectivity index (χ0n) is 81.4. The van der Waals surface area contributed by atoms with E-state index in [1.165, 1.54) is 50.0 Å². The summed E-state index contributed by atoms with van der Waals surface area (Å²) in [6.45, 7) is 26.2. The second-order valence-corrected chi connectivity index (χ2v) is 37.7. The molecular formula is C94H144F2N12O26. The van der Waals surface area contributed by atoms with Crippen molar-refractivity contribution >= 4 is 76.0 Å². The first-order chi connectivity index (χ1) is 62.0. The van der Waals surface area contributed by atoms with E-state index in [9.17, 15) is 58.4 Å². The number of methoxy groups -OCH3 is 2. The molecule has 8 heterocycles. The van der Waals surface area contributed by atoms with Crippen molar-refractivity contribution in [3.63, 3.8) is 0 Å². The quantitative estimate of drug-likeness (QED) is 0.00801. The lowest BCUT2D eigenvalue weighted by atomic mass is 9.73. The maximum Gasteiger partial charge on any atom is 0.410 e. The predicted molar refractivity (Wildman–Crippen MR) is 489 cm³/mol. The lowest BCUT2D eigenvalue weighted by Gasteiger charge is -2.48. The van der Waals surface area contributed by atoms with Crippen LogP contribution < -0.4 is 27.7 Å². The van der Waals surface area contributed by atoms with Crippen LogP contribution in [0.4, 0.5) is 29.7 Å². The van der Waals surface area contributed by atoms with Gasteiger partial charge in [-0.1, -0.05) is 97.9 Å². The second-order valence-electron chi connectivity index (χ2n) is 37.7. The number of aliphatic hydroxyl groups excluding tert-OH is 2. The number of halogens is 2. The number of unbranched alkanes of at least 4 members (excludes halogenated alkanes) is 2. The Morgan fingerprint density at radius 3 is 1.39 bits per heavy atom. The van der Waals surface area contributed by atoms with Crippen LogP contribution in [-0.4, -0.2) is 304 Å². The van der Waals surface area contributed by atoms with Gasteiger partial charge in [0.15, 0.2) is 41.5 Å². The first-order valence-electron chi connectivity index (χ1n) is 45.6. The minimum absolute atomic E-state index is 0. The molecule has 0 saturated carbocycles. The molecule has 0 spiro atoms. The molecule has 12 N–H and O–H groups in total. The number of nitrogens with zero attached hydrogens (tertiary/aromatic N) is 7. The normalized spacial score (nSPS) is 35.1. The summed E-state index contributed by atoms with van der Waals surface area (Å²) >= 11 is 0. The number of nitro benzene ring substituents is 1. The number of amides is 2. The number of likely N-dealkylation sites (N-methyl/N-ethyl adjacent to an activating group) is 2. The fourth-order valence-corrected chi connectivity index (χ4v) is 20.2. The lowest BCUT2D eigenvalue weighted by Crippen LogP contribution is -2.62. The number of nitrogens with one attached hydrogen (secondary N) is 4. The van der Waals surface area contributed by atoms with E-state index >= 15 is 8.78 Å². The Labute approximate surface area is 783 Å². The molecule has 11 rings (SSSR count). The number of hydrogen-bond donors (Lipinski definition) is 7. The summed E-state index contributed by atoms with van der Waals surface area (Å²) in [5.74, 6) is -12.6. The van der Waals surface area contributed by atoms with E-state index in [-0.39, 0.29) is 79.1 Å². The topological polar surface area (TPSA) is 495 Å². The number of ether oxygens (including phenoxy) is 11. The minimum Gasteiger partial charge on any atom is -0.455 e. The zero-order chi connectivity index (χ0) is 97.9. The van der Waals surface area contributed by atoms with Crippen LogP contribution in [0, 0.1) is 45.6 Å². The van der Waals surface area contributed by atoms with Gasteiger partial charge in [-0.25, -0.2) is 32.8 Å². The highest BCUT2D eigenvalue weighted by molar-refractivity contribution is 6.08. The molecule has 6 fully saturated rings. The number of Topliss-reactive ketones (excluding diaryl/α,β-unsaturated/α-hetero) is 4. The number of benzene rings is 3. The Morgan fingerprint density at radius 1 is 0.575 bits per heavy atom. The van der Waals surface area contributed by atoms with Gasteiger partial charge in [0.1, 0.15) is 29.9 Å². The summed E-state index contributed by atoms with van der Waals surface area (Å²) in [5, 5.41) is 33.4. The van der Waals surface area contributed by atoms with Gasteiger partial charge in [0.2, 0.25) is 0 Å². The SMILES string of the molecule is CC[C@H]1OC(=O)[C@@](C)(F)C(=O)[C@H](C)[C@@H](OC2O[C@H](C)C[C@H](N(C)C)[C@H]2O)[C@@](C)(OC)C[C@@H](C)C(=O)[C@H](C)C2N(CCCCN3C=C(c4cccc([N+](=O)[O-])c4)NN3)C(=O)O[C@@]21C.CC[C@H]1OC(=O)[C@@](C)(F)C(=O)[C@H](C)[C@@H](OC2O[C@H](C)C[C@H](N(C)C)[C@H]2OC(=O)c2ccccc2)[C@@](C)(OC)C[C@@H](C)C(=O)[C@H](C)C2N(CCCCN3C=C(c4cccc(N)c4)NN3)C(=O)O[C@@]21C.CO.O.O. The van der Waals surface area contributed by atoms with Gasteiger partial charge in [0.05, 0.1) is 75.6 Å². The molecule has 6 saturated heterocycles. The van der Waals surface area contributed by atoms with E-state index in [0.29, 0.717) is 74.1 Å². The van der Waals surface area contributed by atoms with E-state index in [1.807, 2.05) is 87.3 Å². The van der Waals surface area contributed by atoms with Crippen molar-refractivity contribution in [1.29, 1.82) is 0 Å². The molecule has 4 unspecified atom stereocenters. The number of rotatable bonds is 25. The Balaban J connectivity index is 0.000000355. The molecule has 8 aliphatic heterocycles. The number of nitrogens with two attached hydrogens (primary N) is 1. The largest absolute Gasteiger partial charge is 0.455 e. The third-order valence-corrected chi connectivity index (χ3v) is 27.5. The van der Waals surface area contributed by atoms with Crippen LogP contribution >= 0.6 is 0 Å². The summed E-state index contributed by atoms with van der Waals surface area (Å²) in [4.78, 5) is 146. The number of hydrazine groups is 4. The number of non-ortho nitro benzene ring substituents is 1. The number of ketones is 4. The van der Waals surface area contributed by atoms with Crippen molar-refractivity contribution < 1.29 is 130 Å². The number of carbonyl (C=O) groups excluding carboxylic acids is 9. The number of nitrogen functional groups attached to an aromatic ring is 1. The number of nitro groups is 1. The maximum atomic E-state index is 17.2. The number of cyclic esters (lactones) is 2. The highest BCUT2D eigenvalue weighted by atomic mass is 19.1. The monoisotopic (exact) mass is 1900 g/mol. The van der Waals surface area contributed by atoms with Crippen LogP contribution in [0.25, 0.3) is 11.4 Å². The number of alkyl halides is 2. The second kappa shape index (κ2) is 46.5. The van der Waals surface area contributed by atoms with Gasteiger partial charge in [0.25, 0.3) is 17.0 Å². The van der Waals surface area contributed by atoms with Crippen LogP contribution in [0.2, 0.25) is 0 Å². The Kier molecular flexibility index (Phi) is 38.7. The molecule has 0 aromatic heterocycles. The summed E-state index contributed by atoms with van der Waals surface area (Å²) in [5.41, 5.74) is 9.45. The highest BCUT2D eigenvalue weighted by Gasteiger charge is 2.65. The van der Waals surface area contributed by atoms with Crippen molar-refractivity contribution in [2.45, 2.75) is 294 Å². The van der Waals surface area contributed by atoms with Gasteiger partial charge in [-0.3, -0.25) is 39.3 Å². The Hall–Kier alpha value is -9.53. The van der Waals surface area contributed by atoms with Crippen LogP contribution in [-0.2, 0) is 80.9 Å². The van der Waals surface area contributed by atoms with Gasteiger partial charge in [0, 0.05) is 130 Å². The van der Waals surface area contributed by atoms with Crippen molar-refractivity contribution in [3.05, 3.63) is 118 Å². The lowest BCUT2D eigenvalue weighted by molar-refractivity contribution is -0.384. The smallest absolute Gasteiger partial charge is 0.410 e. The van der Waals surface area contributed by atoms with E-state index in [4.69, 9.17) is 62.9 Å². The summed E-state index contributed by atoms with van der Waals surface area (Å²) in [7, 11) is 11.1. The van der Waals surface area contributed by atoms with Crippen molar-refractivity contribution in [2.24, 2.45) is 35.5 Å². The van der Waals surface area contributed by atoms with Crippen molar-refractivity contribution in [1.82, 2.24) is 51.5 Å². The van der Waals surface area contributed by atoms with Gasteiger partial charge >= 0.3 is 30.1 Å². The fourth-order valence-electron chi connectivity index (χ4n) is 20.2. The summed E-state index contributed by atoms with van der Waals surface area (Å²) < 4.78 is 102. The number of aliphatic hydroxyl groups is 2. The molecule has 134 heavy (non-hydrogen) atoms. The number of esters is 3. The predicted octanol–water partition coefficient (Wildman–Crippen LogP) is 8.09. The number of hydrogen-bond acceptors (Lipinski definition) is 33. The van der Waals surface area contributed by atoms with Gasteiger partial charge < -0.3 is 109 Å². The van der Waals surface area contributed by atoms with E-state index in [2.05, 4.69) is 21.9 Å². The third kappa shape index (κ3) is 24.3. The standard InChI is InChI=1S/C50H71FN6O11.C43H65FN6O12.CH4O.2H2O/c1-12-38-50(8)41(57(47(62)68-50)24-17-16-23-56-28-36(53-54-56)34-21-18-22-35(52)26-34)31(4)39(58)29(2)27-48(6,63-11)43(32(5)42(59)49(7,51)46(61)65-38)67-45-40(37(55(9)10)25-30(3)64-45)66-44(60)33-19-14-13-15-20-33;1-12-32-43(8)35(49(40(55)62-43)19-14-13-18-48-23-30(45-46-48)28-16-15-17-29(21-28)50(56)57)26(4)33(51)24(2)22-41(6,58-11)37(27(5)36(53)42(7,44)39(54)60-32)61-38-34(52)31(47(9)10)20-25(3)59-38;1-2;;/h13-15,18-22,26,28-32,37-38,40-41,43,45,53-54H,12,16-17,23-25,27,52H2,1-11H3;15-17,21,23-27,31-32,34-35,37-38,45-46,52H,12-14,18-20,22H2,1-11H3;2H,1H3;2*1H2/t29-,30-,31+,32+,37+,38-,40-,41?,43-,45?,48+,49+,50-;24-,25-,26+,27+,31+,32-,34-,35?,37-,38?,41+,42+,43-;;;/m11.../s1. The molecule has 3 aromatic carbocycles. The average molecular weight is 1900 g/mol. The van der Waals surface area contributed by atoms with Crippen molar-refractivity contribution in [3.8, 4) is 0 Å². The molecule has 40 heteroatoms. The molecule has 3 aromatic rings. The molecule has 0 aliphatic carbocycles. The fraction of sp³-hybridized carbons (Fsp3) is 0.670. The van der Waals surface area contributed by atoms with Crippen LogP contribution in [0.15, 0.2) is 91.3 Å². The van der Waals surface area contributed by atoms with E-state index < -0.39 is 189 Å². The highest BCUT2D eigenvalue weighted by Crippen LogP contribution is 2.48. The first-order valence-corrected chi connectivity index (χ1v) is 45.6. The van der Waals surface area contributed by atoms with E-state index in [0.717, 1.165) is 32.2 Å². The molecule has 0 radical (unpaired) electrons. The summed E-state index contributed by atoms with van der Waals surface area (Å²) in [6, 6.07) is 19.4. The third-order valence-electron chi connectivity index (χ3n) is 27.5. The van der Waals surface area contributed by atoms with Gasteiger partial charge in [-0.15, -0.1) is 11.1 Å². The van der Waals surface area contributed by atoms with Crippen LogP contribution in [0.1, 0.15) is 196 Å². The van der Waals surface area contributed by atoms with Crippen LogP contribution in [0.5, 0.6) is 0 Å². The van der Waals surface area contributed by atoms with Gasteiger partial charge in [-0.2, -0.15) is 0 Å². The van der Waals surface area contributed by atoms with Crippen LogP contribution in [0.3, 0.4) is 0 Å². The molecule has 0 bridgehead atoms. The van der Waals surface area contributed by atoms with Gasteiger partial charge in [-0.05, 0) is 172 Å². The molecule has 750 valence electrons. The molecule has 2 amide bonds. The number of fused-ring (bicyclic) bond motifs is 2. The molecule has 8 aliphatic rings. The average Bonchev–Trinajstić information content (AvgIpc) is 1.44.